The molecule has 0 bridgehead atoms. The molecule has 1 aromatic heterocycles. The first-order valence-electron chi connectivity index (χ1n) is 12.9. The highest BCUT2D eigenvalue weighted by Gasteiger charge is 2.41. The molecule has 2 saturated heterocycles. The number of halogens is 1. The Hall–Kier alpha value is -2.13. The third-order valence-electron chi connectivity index (χ3n) is 7.32. The van der Waals surface area contributed by atoms with Gasteiger partial charge in [0, 0.05) is 68.1 Å². The fourth-order valence-electron chi connectivity index (χ4n) is 5.14. The van der Waals surface area contributed by atoms with Gasteiger partial charge in [-0.05, 0) is 59.0 Å². The summed E-state index contributed by atoms with van der Waals surface area (Å²) < 4.78 is 14.7. The minimum Gasteiger partial charge on any atom is -0.491 e. The van der Waals surface area contributed by atoms with Crippen LogP contribution in [0.3, 0.4) is 0 Å². The van der Waals surface area contributed by atoms with Gasteiger partial charge in [0.25, 0.3) is 0 Å². The average Bonchev–Trinajstić information content (AvgIpc) is 3.13. The first kappa shape index (κ1) is 26.9. The van der Waals surface area contributed by atoms with Crippen LogP contribution in [0.1, 0.15) is 43.3 Å². The number of aryl methyl sites for hydroxylation is 1. The lowest BCUT2D eigenvalue weighted by molar-refractivity contribution is -0.158. The highest BCUT2D eigenvalue weighted by molar-refractivity contribution is 6.30. The number of benzene rings is 1. The molecule has 36 heavy (non-hydrogen) atoms. The van der Waals surface area contributed by atoms with Crippen LogP contribution in [0, 0.1) is 13.8 Å². The van der Waals surface area contributed by atoms with E-state index < -0.39 is 5.60 Å². The molecule has 0 radical (unpaired) electrons. The number of morpholine rings is 1. The van der Waals surface area contributed by atoms with Gasteiger partial charge >= 0.3 is 0 Å². The van der Waals surface area contributed by atoms with Gasteiger partial charge < -0.3 is 19.3 Å². The van der Waals surface area contributed by atoms with Gasteiger partial charge in [-0.25, -0.2) is 0 Å². The number of carbonyl (C=O) groups is 1. The predicted octanol–water partition coefficient (Wildman–Crippen LogP) is 3.55. The summed E-state index contributed by atoms with van der Waals surface area (Å²) in [6.45, 7) is 14.9. The van der Waals surface area contributed by atoms with Gasteiger partial charge in [0.2, 0.25) is 5.91 Å². The molecular weight excluding hydrogens is 478 g/mol. The number of rotatable bonds is 8. The number of hydrogen-bond acceptors (Lipinski definition) is 6. The molecule has 9 heteroatoms. The number of likely N-dealkylation sites (N-methyl/N-ethyl adjacent to an activating group) is 1. The average molecular weight is 518 g/mol. The Kier molecular flexibility index (Phi) is 8.60. The molecule has 2 fully saturated rings. The molecule has 1 aromatic carbocycles. The first-order valence-corrected chi connectivity index (χ1v) is 13.3. The van der Waals surface area contributed by atoms with Crippen LogP contribution in [0.5, 0.6) is 5.75 Å². The fraction of sp³-hybridized carbons (Fsp3) is 0.630. The zero-order valence-corrected chi connectivity index (χ0v) is 23.1. The summed E-state index contributed by atoms with van der Waals surface area (Å²) in [6, 6.07) is 7.64. The minimum absolute atomic E-state index is 0.129. The maximum atomic E-state index is 13.4. The molecule has 8 nitrogen and oxygen atoms in total. The topological polar surface area (TPSA) is 63.1 Å². The van der Waals surface area contributed by atoms with Crippen LogP contribution in [0.4, 0.5) is 0 Å². The second kappa shape index (κ2) is 11.5. The smallest absolute Gasteiger partial charge is 0.225 e. The van der Waals surface area contributed by atoms with E-state index in [9.17, 15) is 4.79 Å². The SMILES string of the molecule is Cc1nn(C(C)C)c(C)c1CN1CCO[C@](COc2ccc(Cl)cc2)(CC(=O)N2CCN(C)CC2)C1. The highest BCUT2D eigenvalue weighted by atomic mass is 35.5. The van der Waals surface area contributed by atoms with E-state index in [1.807, 2.05) is 29.2 Å². The Morgan fingerprint density at radius 3 is 2.47 bits per heavy atom. The number of aromatic nitrogens is 2. The second-order valence-electron chi connectivity index (χ2n) is 10.5. The minimum atomic E-state index is -0.728. The first-order chi connectivity index (χ1) is 17.2. The van der Waals surface area contributed by atoms with E-state index in [2.05, 4.69) is 49.2 Å². The number of carbonyl (C=O) groups excluding carboxylic acids is 1. The molecule has 2 aromatic rings. The van der Waals surface area contributed by atoms with Crippen molar-refractivity contribution in [1.29, 1.82) is 0 Å². The van der Waals surface area contributed by atoms with Crippen LogP contribution in [-0.2, 0) is 16.1 Å². The molecular formula is C27H40ClN5O3. The molecule has 0 spiro atoms. The molecule has 4 rings (SSSR count). The summed E-state index contributed by atoms with van der Waals surface area (Å²) in [5, 5.41) is 5.43. The van der Waals surface area contributed by atoms with Crippen LogP contribution in [0.15, 0.2) is 24.3 Å². The molecule has 1 amide bonds. The normalized spacial score (nSPS) is 21.8. The van der Waals surface area contributed by atoms with E-state index >= 15 is 0 Å². The van der Waals surface area contributed by atoms with Crippen molar-refractivity contribution in [3.05, 3.63) is 46.2 Å². The van der Waals surface area contributed by atoms with E-state index in [0.717, 1.165) is 50.7 Å². The van der Waals surface area contributed by atoms with Crippen LogP contribution in [-0.4, -0.2) is 95.5 Å². The molecule has 2 aliphatic rings. The Morgan fingerprint density at radius 2 is 1.83 bits per heavy atom. The van der Waals surface area contributed by atoms with Crippen LogP contribution in [0.25, 0.3) is 0 Å². The zero-order valence-electron chi connectivity index (χ0n) is 22.3. The fourth-order valence-corrected chi connectivity index (χ4v) is 5.27. The van der Waals surface area contributed by atoms with Crippen molar-refractivity contribution in [2.45, 2.75) is 52.3 Å². The largest absolute Gasteiger partial charge is 0.491 e. The number of piperazine rings is 1. The van der Waals surface area contributed by atoms with E-state index in [-0.39, 0.29) is 5.91 Å². The van der Waals surface area contributed by atoms with Crippen molar-refractivity contribution in [2.24, 2.45) is 0 Å². The lowest BCUT2D eigenvalue weighted by atomic mass is 9.96. The summed E-state index contributed by atoms with van der Waals surface area (Å²) in [5.74, 6) is 0.848. The molecule has 1 atom stereocenters. The summed E-state index contributed by atoms with van der Waals surface area (Å²) in [7, 11) is 2.09. The van der Waals surface area contributed by atoms with Crippen LogP contribution >= 0.6 is 11.6 Å². The maximum absolute atomic E-state index is 13.4. The third kappa shape index (κ3) is 6.40. The number of hydrogen-bond donors (Lipinski definition) is 0. The molecule has 0 saturated carbocycles. The van der Waals surface area contributed by atoms with Gasteiger partial charge in [0.05, 0.1) is 18.7 Å². The molecule has 0 aliphatic carbocycles. The maximum Gasteiger partial charge on any atom is 0.225 e. The quantitative estimate of drug-likeness (QED) is 0.533. The summed E-state index contributed by atoms with van der Waals surface area (Å²) in [6.07, 6.45) is 0.296. The predicted molar refractivity (Wildman–Crippen MR) is 142 cm³/mol. The number of nitrogens with zero attached hydrogens (tertiary/aromatic N) is 5. The van der Waals surface area contributed by atoms with E-state index in [0.29, 0.717) is 37.2 Å². The van der Waals surface area contributed by atoms with E-state index in [4.69, 9.17) is 26.2 Å². The Labute approximate surface area is 220 Å². The number of amides is 1. The summed E-state index contributed by atoms with van der Waals surface area (Å²) in [5.41, 5.74) is 2.78. The molecule has 0 unspecified atom stereocenters. The van der Waals surface area contributed by atoms with Crippen LogP contribution in [0.2, 0.25) is 5.02 Å². The van der Waals surface area contributed by atoms with Crippen molar-refractivity contribution in [2.75, 3.05) is 59.5 Å². The van der Waals surface area contributed by atoms with E-state index in [1.54, 1.807) is 0 Å². The lowest BCUT2D eigenvalue weighted by Gasteiger charge is -2.43. The molecule has 198 valence electrons. The van der Waals surface area contributed by atoms with Crippen molar-refractivity contribution < 1.29 is 14.3 Å². The molecule has 3 heterocycles. The highest BCUT2D eigenvalue weighted by Crippen LogP contribution is 2.28. The van der Waals surface area contributed by atoms with Crippen molar-refractivity contribution in [3.63, 3.8) is 0 Å². The standard InChI is InChI=1S/C27H40ClN5O3/c1-20(2)33-22(4)25(21(3)29-33)17-31-14-15-36-27(18-31,19-35-24-8-6-23(28)7-9-24)16-26(34)32-12-10-30(5)11-13-32/h6-9,20H,10-19H2,1-5H3/t27-/m1/s1. The van der Waals surface area contributed by atoms with Crippen molar-refractivity contribution in [1.82, 2.24) is 24.5 Å². The van der Waals surface area contributed by atoms with Gasteiger partial charge in [-0.3, -0.25) is 14.4 Å². The van der Waals surface area contributed by atoms with Crippen molar-refractivity contribution in [3.8, 4) is 5.75 Å². The Morgan fingerprint density at radius 1 is 1.14 bits per heavy atom. The molecule has 2 aliphatic heterocycles. The second-order valence-corrected chi connectivity index (χ2v) is 11.0. The van der Waals surface area contributed by atoms with Gasteiger partial charge in [-0.15, -0.1) is 0 Å². The Balaban J connectivity index is 1.51. The van der Waals surface area contributed by atoms with Crippen LogP contribution < -0.4 is 4.74 Å². The third-order valence-corrected chi connectivity index (χ3v) is 7.57. The lowest BCUT2D eigenvalue weighted by Crippen LogP contribution is -2.58. The zero-order chi connectivity index (χ0) is 25.9. The van der Waals surface area contributed by atoms with E-state index in [1.165, 1.54) is 11.3 Å². The van der Waals surface area contributed by atoms with Crippen molar-refractivity contribution >= 4 is 17.5 Å². The van der Waals surface area contributed by atoms with Gasteiger partial charge in [-0.2, -0.15) is 5.10 Å². The summed E-state index contributed by atoms with van der Waals surface area (Å²) in [4.78, 5) is 20.0. The van der Waals surface area contributed by atoms with Gasteiger partial charge in [0.1, 0.15) is 18.0 Å². The number of ether oxygens (including phenoxy) is 2. The van der Waals surface area contributed by atoms with Gasteiger partial charge in [0.15, 0.2) is 0 Å². The monoisotopic (exact) mass is 517 g/mol. The molecule has 0 N–H and O–H groups in total. The summed E-state index contributed by atoms with van der Waals surface area (Å²) >= 11 is 6.05. The van der Waals surface area contributed by atoms with Gasteiger partial charge in [-0.1, -0.05) is 11.6 Å². The Bertz CT molecular complexity index is 1030.